The average Bonchev–Trinajstić information content (AvgIpc) is 3.27. The van der Waals surface area contributed by atoms with E-state index in [0.29, 0.717) is 37.5 Å². The van der Waals surface area contributed by atoms with Crippen LogP contribution in [-0.2, 0) is 11.2 Å². The van der Waals surface area contributed by atoms with Crippen LogP contribution >= 0.6 is 0 Å². The van der Waals surface area contributed by atoms with E-state index in [-0.39, 0.29) is 11.3 Å². The highest BCUT2D eigenvalue weighted by molar-refractivity contribution is 6.09. The molecule has 0 radical (unpaired) electrons. The molecule has 2 aliphatic heterocycles. The molecule has 1 N–H and O–H groups in total. The number of anilines is 2. The number of morpholine rings is 1. The van der Waals surface area contributed by atoms with Crippen molar-refractivity contribution in [3.63, 3.8) is 0 Å². The quantitative estimate of drug-likeness (QED) is 0.642. The summed E-state index contributed by atoms with van der Waals surface area (Å²) in [6, 6.07) is 8.05. The normalized spacial score (nSPS) is 20.1. The molecule has 1 saturated heterocycles. The number of fused-ring (bicyclic) bond motifs is 2. The van der Waals surface area contributed by atoms with E-state index in [1.807, 2.05) is 12.1 Å². The van der Waals surface area contributed by atoms with E-state index in [1.165, 1.54) is 6.20 Å². The Bertz CT molecular complexity index is 1230. The first-order valence-corrected chi connectivity index (χ1v) is 11.2. The van der Waals surface area contributed by atoms with E-state index in [2.05, 4.69) is 33.3 Å². The number of nitriles is 1. The fourth-order valence-electron chi connectivity index (χ4n) is 4.51. The van der Waals surface area contributed by atoms with E-state index in [9.17, 15) is 4.79 Å². The van der Waals surface area contributed by atoms with Crippen molar-refractivity contribution in [2.75, 3.05) is 43.1 Å². The summed E-state index contributed by atoms with van der Waals surface area (Å²) in [6.45, 7) is 5.46. The second-order valence-electron chi connectivity index (χ2n) is 8.91. The molecule has 0 bridgehead atoms. The minimum Gasteiger partial charge on any atom is -0.493 e. The highest BCUT2D eigenvalue weighted by atomic mass is 16.5. The maximum atomic E-state index is 13.2. The Morgan fingerprint density at radius 2 is 2.18 bits per heavy atom. The summed E-state index contributed by atoms with van der Waals surface area (Å²) in [5, 5.41) is 16.4. The number of hydrogen-bond donors (Lipinski definition) is 1. The standard InChI is InChI=1S/C24H26N6O3/c1-24(4-2-5-25)14-17-12-19(20(13-21(17)33-16-24)29-8-10-32-11-9-29)28-23(31)18-15-27-30-7-3-6-26-22(18)30/h3,6-7,12-13,15H,2,4,8-11,14,16H2,1H3,(H,28,31)/t24-/m1/s1. The molecule has 2 aromatic heterocycles. The monoisotopic (exact) mass is 446 g/mol. The molecule has 1 fully saturated rings. The number of ether oxygens (including phenoxy) is 2. The smallest absolute Gasteiger partial charge is 0.261 e. The molecule has 5 rings (SSSR count). The SMILES string of the molecule is C[C@]1(CCC#N)COc2cc(N3CCOCC3)c(NC(=O)c3cnn4cccnc34)cc2C1. The van der Waals surface area contributed by atoms with Gasteiger partial charge in [0.25, 0.3) is 5.91 Å². The predicted molar refractivity (Wildman–Crippen MR) is 123 cm³/mol. The summed E-state index contributed by atoms with van der Waals surface area (Å²) in [5.74, 6) is 0.573. The van der Waals surface area contributed by atoms with E-state index < -0.39 is 0 Å². The van der Waals surface area contributed by atoms with Crippen molar-refractivity contribution in [1.82, 2.24) is 14.6 Å². The van der Waals surface area contributed by atoms with Gasteiger partial charge in [-0.25, -0.2) is 9.50 Å². The fraction of sp³-hybridized carbons (Fsp3) is 0.417. The van der Waals surface area contributed by atoms with Crippen LogP contribution < -0.4 is 15.0 Å². The Hall–Kier alpha value is -3.64. The molecular formula is C24H26N6O3. The molecule has 4 heterocycles. The number of rotatable bonds is 5. The Labute approximate surface area is 191 Å². The zero-order valence-corrected chi connectivity index (χ0v) is 18.6. The third-order valence-electron chi connectivity index (χ3n) is 6.34. The number of amides is 1. The minimum absolute atomic E-state index is 0.114. The minimum atomic E-state index is -0.262. The predicted octanol–water partition coefficient (Wildman–Crippen LogP) is 3.06. The van der Waals surface area contributed by atoms with E-state index in [0.717, 1.165) is 48.6 Å². The number of nitrogens with one attached hydrogen (secondary N) is 1. The van der Waals surface area contributed by atoms with E-state index in [4.69, 9.17) is 14.7 Å². The Balaban J connectivity index is 1.49. The highest BCUT2D eigenvalue weighted by Gasteiger charge is 2.33. The second kappa shape index (κ2) is 8.71. The Morgan fingerprint density at radius 1 is 1.33 bits per heavy atom. The van der Waals surface area contributed by atoms with Crippen LogP contribution in [0, 0.1) is 16.7 Å². The van der Waals surface area contributed by atoms with Crippen LogP contribution in [0.15, 0.2) is 36.8 Å². The topological polar surface area (TPSA) is 105 Å². The number of nitrogens with zero attached hydrogens (tertiary/aromatic N) is 5. The lowest BCUT2D eigenvalue weighted by atomic mass is 9.78. The third kappa shape index (κ3) is 4.22. The maximum Gasteiger partial charge on any atom is 0.261 e. The lowest BCUT2D eigenvalue weighted by Gasteiger charge is -2.36. The summed E-state index contributed by atoms with van der Waals surface area (Å²) < 4.78 is 13.3. The van der Waals surface area contributed by atoms with Crippen molar-refractivity contribution in [3.8, 4) is 11.8 Å². The van der Waals surface area contributed by atoms with Gasteiger partial charge in [0.2, 0.25) is 0 Å². The molecule has 33 heavy (non-hydrogen) atoms. The molecular weight excluding hydrogens is 420 g/mol. The third-order valence-corrected chi connectivity index (χ3v) is 6.34. The number of carbonyl (C=O) groups is 1. The van der Waals surface area contributed by atoms with Gasteiger partial charge in [-0.05, 0) is 30.5 Å². The largest absolute Gasteiger partial charge is 0.493 e. The summed E-state index contributed by atoms with van der Waals surface area (Å²) in [5.41, 5.74) is 3.48. The molecule has 9 heteroatoms. The molecule has 1 atom stereocenters. The van der Waals surface area contributed by atoms with Crippen molar-refractivity contribution in [1.29, 1.82) is 5.26 Å². The Morgan fingerprint density at radius 3 is 3.00 bits per heavy atom. The van der Waals surface area contributed by atoms with Crippen molar-refractivity contribution < 1.29 is 14.3 Å². The van der Waals surface area contributed by atoms with Crippen LogP contribution in [-0.4, -0.2) is 53.4 Å². The number of benzene rings is 1. The van der Waals surface area contributed by atoms with Gasteiger partial charge in [-0.2, -0.15) is 10.4 Å². The zero-order valence-electron chi connectivity index (χ0n) is 18.6. The van der Waals surface area contributed by atoms with E-state index >= 15 is 0 Å². The van der Waals surface area contributed by atoms with Crippen molar-refractivity contribution in [3.05, 3.63) is 47.9 Å². The summed E-state index contributed by atoms with van der Waals surface area (Å²) in [6.07, 6.45) is 6.99. The molecule has 170 valence electrons. The van der Waals surface area contributed by atoms with Crippen LogP contribution in [0.25, 0.3) is 5.65 Å². The molecule has 2 aliphatic rings. The first-order valence-electron chi connectivity index (χ1n) is 11.2. The van der Waals surface area contributed by atoms with Crippen LogP contribution in [0.2, 0.25) is 0 Å². The van der Waals surface area contributed by atoms with Gasteiger partial charge in [0, 0.05) is 43.4 Å². The molecule has 0 saturated carbocycles. The number of hydrogen-bond acceptors (Lipinski definition) is 7. The van der Waals surface area contributed by atoms with Gasteiger partial charge >= 0.3 is 0 Å². The average molecular weight is 447 g/mol. The van der Waals surface area contributed by atoms with Crippen LogP contribution in [0.1, 0.15) is 35.7 Å². The van der Waals surface area contributed by atoms with Crippen LogP contribution in [0.4, 0.5) is 11.4 Å². The second-order valence-corrected chi connectivity index (χ2v) is 8.91. The van der Waals surface area contributed by atoms with Crippen molar-refractivity contribution in [2.45, 2.75) is 26.2 Å². The summed E-state index contributed by atoms with van der Waals surface area (Å²) in [4.78, 5) is 19.8. The molecule has 9 nitrogen and oxygen atoms in total. The maximum absolute atomic E-state index is 13.2. The first-order chi connectivity index (χ1) is 16.1. The van der Waals surface area contributed by atoms with Gasteiger partial charge in [-0.1, -0.05) is 6.92 Å². The molecule has 1 aromatic carbocycles. The fourth-order valence-corrected chi connectivity index (χ4v) is 4.51. The van der Waals surface area contributed by atoms with Gasteiger partial charge in [0.05, 0.1) is 43.5 Å². The van der Waals surface area contributed by atoms with Crippen LogP contribution in [0.3, 0.4) is 0 Å². The van der Waals surface area contributed by atoms with Crippen molar-refractivity contribution >= 4 is 22.9 Å². The summed E-state index contributed by atoms with van der Waals surface area (Å²) >= 11 is 0. The Kier molecular flexibility index (Phi) is 5.60. The number of carbonyl (C=O) groups excluding carboxylic acids is 1. The lowest BCUT2D eigenvalue weighted by Crippen LogP contribution is -2.37. The van der Waals surface area contributed by atoms with Gasteiger partial charge in [0.1, 0.15) is 11.3 Å². The van der Waals surface area contributed by atoms with E-state index in [1.54, 1.807) is 23.0 Å². The first kappa shape index (κ1) is 21.2. The molecule has 3 aromatic rings. The summed E-state index contributed by atoms with van der Waals surface area (Å²) in [7, 11) is 0. The number of aromatic nitrogens is 3. The molecule has 1 amide bonds. The van der Waals surface area contributed by atoms with Gasteiger partial charge < -0.3 is 19.7 Å². The van der Waals surface area contributed by atoms with Crippen LogP contribution in [0.5, 0.6) is 5.75 Å². The van der Waals surface area contributed by atoms with Crippen molar-refractivity contribution in [2.24, 2.45) is 5.41 Å². The van der Waals surface area contributed by atoms with Gasteiger partial charge in [-0.15, -0.1) is 0 Å². The molecule has 0 spiro atoms. The van der Waals surface area contributed by atoms with Gasteiger partial charge in [-0.3, -0.25) is 4.79 Å². The molecule has 0 aliphatic carbocycles. The lowest BCUT2D eigenvalue weighted by molar-refractivity contribution is 0.102. The highest BCUT2D eigenvalue weighted by Crippen LogP contribution is 2.42. The van der Waals surface area contributed by atoms with Gasteiger partial charge in [0.15, 0.2) is 5.65 Å². The molecule has 0 unspecified atom stereocenters. The zero-order chi connectivity index (χ0) is 22.8.